The molecule has 0 unspecified atom stereocenters. The molecule has 0 amide bonds. The van der Waals surface area contributed by atoms with Gasteiger partial charge >= 0.3 is 0 Å². The third-order valence-electron chi connectivity index (χ3n) is 3.32. The predicted octanol–water partition coefficient (Wildman–Crippen LogP) is -5.13. The van der Waals surface area contributed by atoms with Gasteiger partial charge in [0.1, 0.15) is 0 Å². The lowest BCUT2D eigenvalue weighted by atomic mass is 8.89. The zero-order chi connectivity index (χ0) is 19.0. The second-order valence-electron chi connectivity index (χ2n) is 5.54. The normalized spacial score (nSPS) is 8.46. The standard InChI is InChI=1S/C6H12B20/c7-11-15-19-23-25-21-17-13-9-5-3-1-2-4-6-10-14-18-22-26-24-20-16-12-8/h1-6H2. The van der Waals surface area contributed by atoms with Crippen molar-refractivity contribution in [1.29, 1.82) is 0 Å². The summed E-state index contributed by atoms with van der Waals surface area (Å²) in [6.45, 7) is 0. The summed E-state index contributed by atoms with van der Waals surface area (Å²) < 4.78 is 0. The fourth-order valence-corrected chi connectivity index (χ4v) is 2.00. The molecule has 0 fully saturated rings. The molecule has 0 aromatic rings. The van der Waals surface area contributed by atoms with E-state index in [0.717, 1.165) is 12.6 Å². The van der Waals surface area contributed by atoms with E-state index in [4.69, 9.17) is 15.5 Å². The summed E-state index contributed by atoms with van der Waals surface area (Å²) in [6.07, 6.45) is 7.42. The van der Waals surface area contributed by atoms with E-state index in [0.29, 0.717) is 0 Å². The van der Waals surface area contributed by atoms with Crippen LogP contribution in [0.2, 0.25) is 12.6 Å². The molecule has 0 spiro atoms. The summed E-state index contributed by atoms with van der Waals surface area (Å²) in [5, 5.41) is 0. The van der Waals surface area contributed by atoms with Crippen LogP contribution < -0.4 is 0 Å². The van der Waals surface area contributed by atoms with Crippen LogP contribution in [0.1, 0.15) is 25.7 Å². The second kappa shape index (κ2) is 26.3. The monoisotopic (exact) mass is 304 g/mol. The minimum Gasteiger partial charge on any atom is -0.0895 e. The maximum absolute atomic E-state index is 5.23. The topological polar surface area (TPSA) is 0 Å². The van der Waals surface area contributed by atoms with E-state index < -0.39 is 0 Å². The van der Waals surface area contributed by atoms with Gasteiger partial charge in [-0.05, 0) is 0 Å². The first kappa shape index (κ1) is 27.3. The maximum Gasteiger partial charge on any atom is 0.0544 e. The van der Waals surface area contributed by atoms with Gasteiger partial charge in [0.15, 0.2) is 0 Å². The molecule has 0 aliphatic carbocycles. The van der Waals surface area contributed by atoms with Crippen molar-refractivity contribution in [2.45, 2.75) is 38.3 Å². The van der Waals surface area contributed by atoms with Gasteiger partial charge in [-0.15, -0.1) is 0 Å². The number of hydrogen-bond donors (Lipinski definition) is 0. The van der Waals surface area contributed by atoms with Crippen molar-refractivity contribution in [1.82, 2.24) is 0 Å². The third-order valence-corrected chi connectivity index (χ3v) is 3.32. The van der Waals surface area contributed by atoms with Crippen molar-refractivity contribution >= 4 is 143 Å². The Bertz CT molecular complexity index is 216. The van der Waals surface area contributed by atoms with Gasteiger partial charge in [0.2, 0.25) is 0 Å². The van der Waals surface area contributed by atoms with Gasteiger partial charge in [0.05, 0.1) is 14.3 Å². The summed E-state index contributed by atoms with van der Waals surface area (Å²) >= 11 is 0. The lowest BCUT2D eigenvalue weighted by molar-refractivity contribution is 0.700. The van der Waals surface area contributed by atoms with Crippen molar-refractivity contribution in [3.8, 4) is 0 Å². The van der Waals surface area contributed by atoms with Crippen LogP contribution in [0.4, 0.5) is 0 Å². The zero-order valence-electron chi connectivity index (χ0n) is 15.8. The fourth-order valence-electron chi connectivity index (χ4n) is 2.00. The van der Waals surface area contributed by atoms with Gasteiger partial charge < -0.3 is 0 Å². The molecular formula is C6H12B20. The van der Waals surface area contributed by atoms with Gasteiger partial charge in [0, 0.05) is 128 Å². The van der Waals surface area contributed by atoms with E-state index in [1.54, 1.807) is 14.1 Å². The van der Waals surface area contributed by atoms with Crippen LogP contribution >= 0.6 is 0 Å². The Labute approximate surface area is 180 Å². The van der Waals surface area contributed by atoms with Crippen molar-refractivity contribution < 1.29 is 0 Å². The number of rotatable bonds is 23. The average Bonchev–Trinajstić information content (AvgIpc) is 2.66. The highest BCUT2D eigenvalue weighted by Crippen LogP contribution is 2.04. The summed E-state index contributed by atoms with van der Waals surface area (Å²) in [6, 6.07) is 0. The summed E-state index contributed by atoms with van der Waals surface area (Å²) in [5.41, 5.74) is 0. The van der Waals surface area contributed by atoms with E-state index in [-0.39, 0.29) is 0 Å². The molecule has 20 heteroatoms. The van der Waals surface area contributed by atoms with Gasteiger partial charge in [0.25, 0.3) is 0 Å². The average molecular weight is 300 g/mol. The number of hydrogen-bond acceptors (Lipinski definition) is 0. The van der Waals surface area contributed by atoms with E-state index in [2.05, 4.69) is 42.6 Å². The van der Waals surface area contributed by atoms with Gasteiger partial charge in [-0.3, -0.25) is 0 Å². The van der Waals surface area contributed by atoms with Crippen molar-refractivity contribution in [2.75, 3.05) is 0 Å². The second-order valence-corrected chi connectivity index (χ2v) is 5.54. The Kier molecular flexibility index (Phi) is 27.6. The molecule has 0 saturated heterocycles. The first-order valence-corrected chi connectivity index (χ1v) is 9.32. The Morgan fingerprint density at radius 2 is 0.654 bits per heavy atom. The first-order valence-electron chi connectivity index (χ1n) is 9.32. The van der Waals surface area contributed by atoms with Crippen LogP contribution in [0.5, 0.6) is 0 Å². The first-order chi connectivity index (χ1) is 12.9. The molecular weight excluding hydrogens is 288 g/mol. The van der Waals surface area contributed by atoms with E-state index in [1.165, 1.54) is 39.8 Å². The molecule has 0 bridgehead atoms. The fraction of sp³-hybridized carbons (Fsp3) is 1.00. The lowest BCUT2D eigenvalue weighted by Gasteiger charge is -2.01. The number of unbranched alkanes of at least 4 members (excludes halogenated alkanes) is 3. The van der Waals surface area contributed by atoms with Crippen LogP contribution in [-0.4, -0.2) is 143 Å². The van der Waals surface area contributed by atoms with Crippen molar-refractivity contribution in [3.05, 3.63) is 0 Å². The lowest BCUT2D eigenvalue weighted by Crippen LogP contribution is -2.31. The molecule has 96 valence electrons. The Morgan fingerprint density at radius 1 is 0.346 bits per heavy atom. The van der Waals surface area contributed by atoms with Crippen LogP contribution in [0.25, 0.3) is 0 Å². The smallest absolute Gasteiger partial charge is 0.0544 e. The minimum atomic E-state index is 1.15. The molecule has 0 nitrogen and oxygen atoms in total. The highest BCUT2D eigenvalue weighted by Gasteiger charge is 1.99. The maximum atomic E-state index is 5.23. The molecule has 0 saturated carbocycles. The molecule has 0 aromatic heterocycles. The van der Waals surface area contributed by atoms with Gasteiger partial charge in [-0.1, -0.05) is 38.3 Å². The van der Waals surface area contributed by atoms with E-state index in [1.807, 2.05) is 56.5 Å². The molecule has 0 rings (SSSR count). The Hall–Kier alpha value is 1.30. The van der Waals surface area contributed by atoms with Crippen LogP contribution in [0.15, 0.2) is 0 Å². The quantitative estimate of drug-likeness (QED) is 0.131. The summed E-state index contributed by atoms with van der Waals surface area (Å²) in [7, 11) is 45.6. The summed E-state index contributed by atoms with van der Waals surface area (Å²) in [4.78, 5) is 0. The Morgan fingerprint density at radius 3 is 1.00 bits per heavy atom. The molecule has 0 N–H and O–H groups in total. The zero-order valence-corrected chi connectivity index (χ0v) is 15.8. The minimum absolute atomic E-state index is 1.15. The highest BCUT2D eigenvalue weighted by molar-refractivity contribution is 7.69. The molecule has 0 aromatic carbocycles. The van der Waals surface area contributed by atoms with Crippen LogP contribution in [0, 0.1) is 0 Å². The van der Waals surface area contributed by atoms with Crippen LogP contribution in [-0.2, 0) is 0 Å². The Balaban J connectivity index is 2.95. The summed E-state index contributed by atoms with van der Waals surface area (Å²) in [5.74, 6) is 0. The van der Waals surface area contributed by atoms with Crippen molar-refractivity contribution in [3.63, 3.8) is 0 Å². The van der Waals surface area contributed by atoms with Gasteiger partial charge in [-0.25, -0.2) is 0 Å². The van der Waals surface area contributed by atoms with Gasteiger partial charge in [-0.2, -0.15) is 0 Å². The highest BCUT2D eigenvalue weighted by atomic mass is 13.9. The molecule has 0 aliphatic rings. The molecule has 0 atom stereocenters. The van der Waals surface area contributed by atoms with E-state index in [9.17, 15) is 0 Å². The molecule has 26 heavy (non-hydrogen) atoms. The van der Waals surface area contributed by atoms with Crippen molar-refractivity contribution in [2.24, 2.45) is 0 Å². The molecule has 0 aliphatic heterocycles. The predicted molar refractivity (Wildman–Crippen MR) is 143 cm³/mol. The third kappa shape index (κ3) is 25.3. The molecule has 22 radical (unpaired) electrons. The SMILES string of the molecule is [B][B][B][B][B][B][B][B][B][B]CCCCCC[B][B][B][B][B][B][B][B][B][B]. The van der Waals surface area contributed by atoms with Crippen LogP contribution in [0.3, 0.4) is 0 Å². The van der Waals surface area contributed by atoms with E-state index >= 15 is 0 Å². The molecule has 0 heterocycles. The largest absolute Gasteiger partial charge is 0.0895 e.